The molecule has 0 saturated heterocycles. The molecule has 0 rings (SSSR count). The van der Waals surface area contributed by atoms with E-state index in [1.807, 2.05) is 0 Å². The summed E-state index contributed by atoms with van der Waals surface area (Å²) in [5.74, 6) is -1.26. The van der Waals surface area contributed by atoms with Crippen molar-refractivity contribution in [1.29, 1.82) is 0 Å². The minimum absolute atomic E-state index is 0.231. The number of unbranched alkanes of at least 4 members (excludes halogenated alkanes) is 1. The average molecular weight is 174 g/mol. The molecule has 0 bridgehead atoms. The summed E-state index contributed by atoms with van der Waals surface area (Å²) in [5.41, 5.74) is 5.21. The molecule has 4 N–H and O–H groups in total. The van der Waals surface area contributed by atoms with Crippen LogP contribution < -0.4 is 11.1 Å². The molecular formula is C7H14N2O3. The molecule has 0 spiro atoms. The van der Waals surface area contributed by atoms with Crippen LogP contribution in [0.25, 0.3) is 0 Å². The van der Waals surface area contributed by atoms with E-state index in [0.717, 1.165) is 6.42 Å². The summed E-state index contributed by atoms with van der Waals surface area (Å²) in [6.45, 7) is 0.258. The van der Waals surface area contributed by atoms with Gasteiger partial charge in [-0.25, -0.2) is 0 Å². The first kappa shape index (κ1) is 10.9. The smallest absolute Gasteiger partial charge is 0.322 e. The molecule has 0 heterocycles. The molecule has 5 nitrogen and oxygen atoms in total. The minimum atomic E-state index is -1.03. The van der Waals surface area contributed by atoms with Gasteiger partial charge in [0, 0.05) is 6.42 Å². The Kier molecular flexibility index (Phi) is 6.00. The number of nitrogens with two attached hydrogens (primary N) is 1. The van der Waals surface area contributed by atoms with Crippen molar-refractivity contribution in [3.63, 3.8) is 0 Å². The zero-order chi connectivity index (χ0) is 9.40. The summed E-state index contributed by atoms with van der Waals surface area (Å²) in [7, 11) is 0. The van der Waals surface area contributed by atoms with E-state index in [4.69, 9.17) is 10.8 Å². The number of carbonyl (C=O) groups is 2. The normalized spacial score (nSPS) is 9.42. The Bertz CT molecular complexity index is 159. The standard InChI is InChI=1S/C7H14N2O3/c8-4-2-1-3-6(10)9-5-7(11)12/h1-5,8H2,(H,9,10)(H,11,12). The summed E-state index contributed by atoms with van der Waals surface area (Å²) < 4.78 is 0. The maximum absolute atomic E-state index is 10.8. The monoisotopic (exact) mass is 174 g/mol. The number of carboxylic acids is 1. The van der Waals surface area contributed by atoms with Gasteiger partial charge in [0.25, 0.3) is 0 Å². The van der Waals surface area contributed by atoms with E-state index in [1.165, 1.54) is 0 Å². The Hall–Kier alpha value is -1.10. The van der Waals surface area contributed by atoms with Gasteiger partial charge in [0.15, 0.2) is 0 Å². The Balaban J connectivity index is 3.28. The number of carbonyl (C=O) groups excluding carboxylic acids is 1. The topological polar surface area (TPSA) is 92.4 Å². The number of hydrogen-bond acceptors (Lipinski definition) is 3. The highest BCUT2D eigenvalue weighted by molar-refractivity contribution is 5.80. The summed E-state index contributed by atoms with van der Waals surface area (Å²) >= 11 is 0. The second kappa shape index (κ2) is 6.60. The number of hydrogen-bond donors (Lipinski definition) is 3. The predicted octanol–water partition coefficient (Wildman–Crippen LogP) is -0.684. The van der Waals surface area contributed by atoms with E-state index in [1.54, 1.807) is 0 Å². The van der Waals surface area contributed by atoms with Gasteiger partial charge in [0.05, 0.1) is 0 Å². The van der Waals surface area contributed by atoms with Gasteiger partial charge >= 0.3 is 5.97 Å². The Morgan fingerprint density at radius 3 is 2.50 bits per heavy atom. The molecule has 0 aliphatic carbocycles. The van der Waals surface area contributed by atoms with Gasteiger partial charge in [-0.2, -0.15) is 0 Å². The van der Waals surface area contributed by atoms with Crippen molar-refractivity contribution in [2.45, 2.75) is 19.3 Å². The molecule has 5 heteroatoms. The molecule has 0 saturated carbocycles. The number of aliphatic carboxylic acids is 1. The molecule has 0 atom stereocenters. The van der Waals surface area contributed by atoms with Gasteiger partial charge in [0.2, 0.25) is 5.91 Å². The molecule has 70 valence electrons. The molecule has 12 heavy (non-hydrogen) atoms. The van der Waals surface area contributed by atoms with E-state index in [0.29, 0.717) is 19.4 Å². The first-order valence-corrected chi connectivity index (χ1v) is 3.85. The first-order chi connectivity index (χ1) is 5.66. The molecular weight excluding hydrogens is 160 g/mol. The zero-order valence-corrected chi connectivity index (χ0v) is 6.88. The zero-order valence-electron chi connectivity index (χ0n) is 6.88. The predicted molar refractivity (Wildman–Crippen MR) is 43.6 cm³/mol. The molecule has 0 fully saturated rings. The van der Waals surface area contributed by atoms with E-state index in [9.17, 15) is 9.59 Å². The SMILES string of the molecule is NCCCCC(=O)NCC(=O)O. The fraction of sp³-hybridized carbons (Fsp3) is 0.714. The second-order valence-corrected chi connectivity index (χ2v) is 2.42. The van der Waals surface area contributed by atoms with E-state index < -0.39 is 5.97 Å². The lowest BCUT2D eigenvalue weighted by Crippen LogP contribution is -2.28. The van der Waals surface area contributed by atoms with Gasteiger partial charge in [-0.3, -0.25) is 9.59 Å². The summed E-state index contributed by atoms with van der Waals surface area (Å²) in [5, 5.41) is 10.5. The molecule has 1 amide bonds. The molecule has 0 unspecified atom stereocenters. The number of carboxylic acid groups (broad SMARTS) is 1. The maximum Gasteiger partial charge on any atom is 0.322 e. The fourth-order valence-corrected chi connectivity index (χ4v) is 0.692. The van der Waals surface area contributed by atoms with E-state index in [-0.39, 0.29) is 12.5 Å². The lowest BCUT2D eigenvalue weighted by atomic mass is 10.2. The van der Waals surface area contributed by atoms with Gasteiger partial charge in [-0.15, -0.1) is 0 Å². The van der Waals surface area contributed by atoms with Crippen molar-refractivity contribution >= 4 is 11.9 Å². The van der Waals surface area contributed by atoms with Crippen LogP contribution in [-0.2, 0) is 9.59 Å². The minimum Gasteiger partial charge on any atom is -0.480 e. The van der Waals surface area contributed by atoms with Crippen molar-refractivity contribution in [2.24, 2.45) is 5.73 Å². The molecule has 0 aromatic rings. The van der Waals surface area contributed by atoms with Gasteiger partial charge in [-0.05, 0) is 19.4 Å². The van der Waals surface area contributed by atoms with Crippen LogP contribution in [0.1, 0.15) is 19.3 Å². The Labute approximate surface area is 70.9 Å². The van der Waals surface area contributed by atoms with Crippen LogP contribution in [0.5, 0.6) is 0 Å². The molecule has 0 aliphatic rings. The van der Waals surface area contributed by atoms with Crippen LogP contribution in [0.2, 0.25) is 0 Å². The highest BCUT2D eigenvalue weighted by atomic mass is 16.4. The highest BCUT2D eigenvalue weighted by Crippen LogP contribution is 1.92. The van der Waals surface area contributed by atoms with Crippen LogP contribution in [0.3, 0.4) is 0 Å². The van der Waals surface area contributed by atoms with Crippen LogP contribution in [-0.4, -0.2) is 30.1 Å². The largest absolute Gasteiger partial charge is 0.480 e. The number of nitrogens with one attached hydrogen (secondary N) is 1. The third-order valence-corrected chi connectivity index (χ3v) is 1.29. The highest BCUT2D eigenvalue weighted by Gasteiger charge is 2.02. The quantitative estimate of drug-likeness (QED) is 0.465. The Morgan fingerprint density at radius 1 is 1.33 bits per heavy atom. The summed E-state index contributed by atoms with van der Waals surface area (Å²) in [6.07, 6.45) is 1.85. The summed E-state index contributed by atoms with van der Waals surface area (Å²) in [6, 6.07) is 0. The van der Waals surface area contributed by atoms with E-state index >= 15 is 0 Å². The number of amides is 1. The van der Waals surface area contributed by atoms with Crippen LogP contribution in [0.15, 0.2) is 0 Å². The molecule has 0 aromatic heterocycles. The molecule has 0 aromatic carbocycles. The van der Waals surface area contributed by atoms with Gasteiger partial charge < -0.3 is 16.2 Å². The molecule has 0 radical (unpaired) electrons. The van der Waals surface area contributed by atoms with Crippen LogP contribution in [0.4, 0.5) is 0 Å². The van der Waals surface area contributed by atoms with Crippen molar-refractivity contribution in [2.75, 3.05) is 13.1 Å². The van der Waals surface area contributed by atoms with E-state index in [2.05, 4.69) is 5.32 Å². The van der Waals surface area contributed by atoms with Crippen molar-refractivity contribution in [1.82, 2.24) is 5.32 Å². The van der Waals surface area contributed by atoms with Crippen LogP contribution >= 0.6 is 0 Å². The summed E-state index contributed by atoms with van der Waals surface area (Å²) in [4.78, 5) is 20.8. The van der Waals surface area contributed by atoms with Gasteiger partial charge in [-0.1, -0.05) is 0 Å². The Morgan fingerprint density at radius 2 is 2.00 bits per heavy atom. The number of rotatable bonds is 6. The van der Waals surface area contributed by atoms with Crippen molar-refractivity contribution in [3.05, 3.63) is 0 Å². The first-order valence-electron chi connectivity index (χ1n) is 3.85. The third-order valence-electron chi connectivity index (χ3n) is 1.29. The van der Waals surface area contributed by atoms with Gasteiger partial charge in [0.1, 0.15) is 6.54 Å². The maximum atomic E-state index is 10.8. The third kappa shape index (κ3) is 7.01. The van der Waals surface area contributed by atoms with Crippen molar-refractivity contribution in [3.8, 4) is 0 Å². The average Bonchev–Trinajstić information content (AvgIpc) is 2.01. The lowest BCUT2D eigenvalue weighted by Gasteiger charge is -2.00. The van der Waals surface area contributed by atoms with Crippen molar-refractivity contribution < 1.29 is 14.7 Å². The van der Waals surface area contributed by atoms with Crippen LogP contribution in [0, 0.1) is 0 Å². The fourth-order valence-electron chi connectivity index (χ4n) is 0.692. The lowest BCUT2D eigenvalue weighted by molar-refractivity contribution is -0.137. The molecule has 0 aliphatic heterocycles. The second-order valence-electron chi connectivity index (χ2n) is 2.42.